The van der Waals surface area contributed by atoms with Gasteiger partial charge in [-0.05, 0) is 55.5 Å². The molecule has 2 bridgehead atoms. The average Bonchev–Trinajstić information content (AvgIpc) is 3.44. The van der Waals surface area contributed by atoms with E-state index in [1.807, 2.05) is 55.5 Å². The third-order valence-electron chi connectivity index (χ3n) is 6.55. The highest BCUT2D eigenvalue weighted by atomic mass is 16.2. The van der Waals surface area contributed by atoms with Crippen molar-refractivity contribution < 1.29 is 9.59 Å². The minimum absolute atomic E-state index is 0.0505. The Hall–Kier alpha value is -3.21. The van der Waals surface area contributed by atoms with E-state index >= 15 is 0 Å². The standard InChI is InChI=1S/C23H19N3O2/c1-13-24-18-12-17(9-10-19(18)25(13)16-5-3-2-4-6-16)26-22(27)20-14-7-8-15(11-14)21(20)23(26)28/h2-10,12,14-15,20-21H,11H2,1H3/t14-,15-,20+,21+/m1/s1. The number of nitrogens with zero attached hydrogens (tertiary/aromatic N) is 3. The number of carbonyl (C=O) groups excluding carboxylic acids is 2. The van der Waals surface area contributed by atoms with Crippen molar-refractivity contribution in [2.24, 2.45) is 23.7 Å². The molecule has 1 saturated carbocycles. The predicted molar refractivity (Wildman–Crippen MR) is 106 cm³/mol. The van der Waals surface area contributed by atoms with Crippen molar-refractivity contribution in [2.75, 3.05) is 4.90 Å². The van der Waals surface area contributed by atoms with Crippen LogP contribution in [0.1, 0.15) is 12.2 Å². The van der Waals surface area contributed by atoms with Crippen LogP contribution in [0.4, 0.5) is 5.69 Å². The van der Waals surface area contributed by atoms with Gasteiger partial charge in [0, 0.05) is 5.69 Å². The maximum atomic E-state index is 13.1. The lowest BCUT2D eigenvalue weighted by Gasteiger charge is -2.17. The Morgan fingerprint density at radius 2 is 1.57 bits per heavy atom. The Morgan fingerprint density at radius 1 is 0.893 bits per heavy atom. The van der Waals surface area contributed by atoms with Crippen LogP contribution in [-0.2, 0) is 9.59 Å². The smallest absolute Gasteiger partial charge is 0.238 e. The molecule has 2 amide bonds. The summed E-state index contributed by atoms with van der Waals surface area (Å²) < 4.78 is 2.09. The second kappa shape index (κ2) is 5.41. The molecule has 2 aliphatic carbocycles. The Morgan fingerprint density at radius 3 is 2.25 bits per heavy atom. The third-order valence-corrected chi connectivity index (χ3v) is 6.55. The van der Waals surface area contributed by atoms with Gasteiger partial charge in [0.25, 0.3) is 0 Å². The number of aromatic nitrogens is 2. The van der Waals surface area contributed by atoms with E-state index in [0.29, 0.717) is 5.69 Å². The molecule has 0 N–H and O–H groups in total. The fourth-order valence-corrected chi connectivity index (χ4v) is 5.39. The van der Waals surface area contributed by atoms with Crippen molar-refractivity contribution >= 4 is 28.5 Å². The number of hydrogen-bond acceptors (Lipinski definition) is 3. The molecule has 0 radical (unpaired) electrons. The van der Waals surface area contributed by atoms with E-state index in [2.05, 4.69) is 21.7 Å². The van der Waals surface area contributed by atoms with Gasteiger partial charge in [0.1, 0.15) is 5.82 Å². The number of fused-ring (bicyclic) bond motifs is 6. The van der Waals surface area contributed by atoms with Crippen LogP contribution in [0.15, 0.2) is 60.7 Å². The van der Waals surface area contributed by atoms with Crippen LogP contribution in [0, 0.1) is 30.6 Å². The molecule has 2 heterocycles. The van der Waals surface area contributed by atoms with Gasteiger partial charge in [-0.15, -0.1) is 0 Å². The summed E-state index contributed by atoms with van der Waals surface area (Å²) in [5, 5.41) is 0. The van der Waals surface area contributed by atoms with Crippen LogP contribution < -0.4 is 4.90 Å². The zero-order valence-corrected chi connectivity index (χ0v) is 15.4. The summed E-state index contributed by atoms with van der Waals surface area (Å²) in [6.07, 6.45) is 5.18. The molecule has 1 saturated heterocycles. The van der Waals surface area contributed by atoms with Gasteiger partial charge in [0.15, 0.2) is 0 Å². The van der Waals surface area contributed by atoms with E-state index in [-0.39, 0.29) is 35.5 Å². The second-order valence-electron chi connectivity index (χ2n) is 8.01. The molecule has 5 heteroatoms. The molecule has 2 aromatic carbocycles. The molecule has 6 rings (SSSR count). The van der Waals surface area contributed by atoms with E-state index in [1.165, 1.54) is 4.90 Å². The Kier molecular flexibility index (Phi) is 3.05. The summed E-state index contributed by atoms with van der Waals surface area (Å²) in [7, 11) is 0. The third kappa shape index (κ3) is 1.93. The number of imidazole rings is 1. The molecular weight excluding hydrogens is 350 g/mol. The molecular formula is C23H19N3O2. The summed E-state index contributed by atoms with van der Waals surface area (Å²) in [5.41, 5.74) is 3.43. The SMILES string of the molecule is Cc1nc2cc(N3C(=O)[C@@H]4[C@@H](C3=O)[C@@H]3C=C[C@@H]4C3)ccc2n1-c1ccccc1. The van der Waals surface area contributed by atoms with Crippen LogP contribution in [-0.4, -0.2) is 21.4 Å². The molecule has 1 aliphatic heterocycles. The Labute approximate surface area is 162 Å². The summed E-state index contributed by atoms with van der Waals surface area (Å²) in [5.74, 6) is 0.857. The van der Waals surface area contributed by atoms with Crippen molar-refractivity contribution in [1.29, 1.82) is 0 Å². The molecule has 5 nitrogen and oxygen atoms in total. The number of hydrogen-bond donors (Lipinski definition) is 0. The van der Waals surface area contributed by atoms with Crippen molar-refractivity contribution in [3.05, 3.63) is 66.5 Å². The summed E-state index contributed by atoms with van der Waals surface area (Å²) in [6, 6.07) is 15.8. The first-order valence-electron chi connectivity index (χ1n) is 9.74. The first kappa shape index (κ1) is 15.8. The van der Waals surface area contributed by atoms with Crippen LogP contribution in [0.5, 0.6) is 0 Å². The molecule has 2 fully saturated rings. The Bertz CT molecular complexity index is 1150. The minimum Gasteiger partial charge on any atom is -0.297 e. The number of carbonyl (C=O) groups is 2. The van der Waals surface area contributed by atoms with Crippen LogP contribution in [0.2, 0.25) is 0 Å². The van der Waals surface area contributed by atoms with E-state index < -0.39 is 0 Å². The number of benzene rings is 2. The van der Waals surface area contributed by atoms with Crippen LogP contribution in [0.25, 0.3) is 16.7 Å². The molecule has 3 aromatic rings. The molecule has 1 aromatic heterocycles. The maximum Gasteiger partial charge on any atom is 0.238 e. The van der Waals surface area contributed by atoms with Gasteiger partial charge in [-0.1, -0.05) is 30.4 Å². The highest BCUT2D eigenvalue weighted by molar-refractivity contribution is 6.23. The molecule has 0 spiro atoms. The lowest BCUT2D eigenvalue weighted by molar-refractivity contribution is -0.123. The van der Waals surface area contributed by atoms with Gasteiger partial charge >= 0.3 is 0 Å². The van der Waals surface area contributed by atoms with E-state index in [4.69, 9.17) is 0 Å². The number of para-hydroxylation sites is 1. The normalized spacial score (nSPS) is 28.0. The van der Waals surface area contributed by atoms with Gasteiger partial charge in [-0.3, -0.25) is 14.2 Å². The molecule has 28 heavy (non-hydrogen) atoms. The van der Waals surface area contributed by atoms with Crippen molar-refractivity contribution in [3.63, 3.8) is 0 Å². The highest BCUT2D eigenvalue weighted by Crippen LogP contribution is 2.53. The van der Waals surface area contributed by atoms with Crippen molar-refractivity contribution in [1.82, 2.24) is 9.55 Å². The van der Waals surface area contributed by atoms with Gasteiger partial charge in [-0.25, -0.2) is 9.88 Å². The first-order valence-corrected chi connectivity index (χ1v) is 9.74. The summed E-state index contributed by atoms with van der Waals surface area (Å²) in [6.45, 7) is 1.96. The number of aryl methyl sites for hydroxylation is 1. The van der Waals surface area contributed by atoms with Gasteiger partial charge in [0.05, 0.1) is 28.6 Å². The number of anilines is 1. The minimum atomic E-state index is -0.179. The number of amides is 2. The van der Waals surface area contributed by atoms with E-state index in [9.17, 15) is 9.59 Å². The zero-order chi connectivity index (χ0) is 19.0. The van der Waals surface area contributed by atoms with Gasteiger partial charge < -0.3 is 0 Å². The quantitative estimate of drug-likeness (QED) is 0.512. The zero-order valence-electron chi connectivity index (χ0n) is 15.4. The first-order chi connectivity index (χ1) is 13.6. The number of imide groups is 1. The van der Waals surface area contributed by atoms with Crippen molar-refractivity contribution in [2.45, 2.75) is 13.3 Å². The van der Waals surface area contributed by atoms with Crippen LogP contribution >= 0.6 is 0 Å². The van der Waals surface area contributed by atoms with Gasteiger partial charge in [-0.2, -0.15) is 0 Å². The number of allylic oxidation sites excluding steroid dienone is 2. The number of rotatable bonds is 2. The predicted octanol–water partition coefficient (Wildman–Crippen LogP) is 3.65. The monoisotopic (exact) mass is 369 g/mol. The van der Waals surface area contributed by atoms with Crippen LogP contribution in [0.3, 0.4) is 0 Å². The fourth-order valence-electron chi connectivity index (χ4n) is 5.39. The van der Waals surface area contributed by atoms with Gasteiger partial charge in [0.2, 0.25) is 11.8 Å². The summed E-state index contributed by atoms with van der Waals surface area (Å²) >= 11 is 0. The lowest BCUT2D eigenvalue weighted by Crippen LogP contribution is -2.32. The fraction of sp³-hybridized carbons (Fsp3) is 0.261. The highest BCUT2D eigenvalue weighted by Gasteiger charge is 2.59. The van der Waals surface area contributed by atoms with E-state index in [0.717, 1.165) is 29.0 Å². The molecule has 3 aliphatic rings. The molecule has 4 atom stereocenters. The average molecular weight is 369 g/mol. The molecule has 138 valence electrons. The maximum absolute atomic E-state index is 13.1. The summed E-state index contributed by atoms with van der Waals surface area (Å²) in [4.78, 5) is 32.2. The largest absolute Gasteiger partial charge is 0.297 e. The Balaban J connectivity index is 1.44. The molecule has 0 unspecified atom stereocenters. The van der Waals surface area contributed by atoms with Crippen molar-refractivity contribution in [3.8, 4) is 5.69 Å². The second-order valence-corrected chi connectivity index (χ2v) is 8.01. The van der Waals surface area contributed by atoms with E-state index in [1.54, 1.807) is 0 Å². The lowest BCUT2D eigenvalue weighted by atomic mass is 9.85. The topological polar surface area (TPSA) is 55.2 Å².